The topological polar surface area (TPSA) is 44.8 Å². The molecule has 0 radical (unpaired) electrons. The molecule has 0 aromatic rings. The lowest BCUT2D eigenvalue weighted by molar-refractivity contribution is -0.137. The maximum atomic E-state index is 11.6. The Balaban J connectivity index is 2.59. The van der Waals surface area contributed by atoms with E-state index in [4.69, 9.17) is 14.0 Å². The van der Waals surface area contributed by atoms with Gasteiger partial charge in [0.25, 0.3) is 0 Å². The quantitative estimate of drug-likeness (QED) is 0.333. The fourth-order valence-corrected chi connectivity index (χ4v) is 1.64. The standard InChI is InChI=1S/C14H25BO4/c1-7-8-9-17-12(16)10-11(2)15-18-13(3,4)14(5,6)19-15/h10H,7-9H2,1-6H3. The van der Waals surface area contributed by atoms with E-state index < -0.39 is 7.12 Å². The largest absolute Gasteiger partial charge is 0.490 e. The first-order valence-corrected chi connectivity index (χ1v) is 6.90. The molecule has 0 aromatic carbocycles. The fourth-order valence-electron chi connectivity index (χ4n) is 1.64. The molecule has 1 heterocycles. The Bertz CT molecular complexity index is 344. The minimum absolute atomic E-state index is 0.333. The molecule has 0 saturated carbocycles. The summed E-state index contributed by atoms with van der Waals surface area (Å²) in [6.07, 6.45) is 3.35. The van der Waals surface area contributed by atoms with E-state index >= 15 is 0 Å². The number of carbonyl (C=O) groups is 1. The van der Waals surface area contributed by atoms with Gasteiger partial charge in [-0.15, -0.1) is 0 Å². The number of carbonyl (C=O) groups excluding carboxylic acids is 1. The molecule has 0 unspecified atom stereocenters. The molecule has 5 heteroatoms. The van der Waals surface area contributed by atoms with Gasteiger partial charge in [-0.1, -0.05) is 13.3 Å². The van der Waals surface area contributed by atoms with Crippen LogP contribution in [0, 0.1) is 0 Å². The molecule has 1 aliphatic rings. The Hall–Kier alpha value is -0.805. The van der Waals surface area contributed by atoms with E-state index in [-0.39, 0.29) is 17.2 Å². The first-order chi connectivity index (χ1) is 8.69. The molecule has 0 aliphatic carbocycles. The van der Waals surface area contributed by atoms with E-state index in [9.17, 15) is 4.79 Å². The van der Waals surface area contributed by atoms with Crippen molar-refractivity contribution in [3.8, 4) is 0 Å². The van der Waals surface area contributed by atoms with Crippen molar-refractivity contribution < 1.29 is 18.8 Å². The van der Waals surface area contributed by atoms with Gasteiger partial charge in [0.1, 0.15) is 0 Å². The Morgan fingerprint density at radius 1 is 1.21 bits per heavy atom. The highest BCUT2D eigenvalue weighted by atomic mass is 16.7. The third-order valence-electron chi connectivity index (χ3n) is 3.71. The van der Waals surface area contributed by atoms with Gasteiger partial charge in [-0.2, -0.15) is 0 Å². The van der Waals surface area contributed by atoms with Crippen LogP contribution in [0.4, 0.5) is 0 Å². The summed E-state index contributed by atoms with van der Waals surface area (Å²) in [5.74, 6) is -0.333. The summed E-state index contributed by atoms with van der Waals surface area (Å²) in [4.78, 5) is 11.6. The molecule has 1 aliphatic heterocycles. The molecule has 0 bridgehead atoms. The summed E-state index contributed by atoms with van der Waals surface area (Å²) in [5.41, 5.74) is -0.0437. The third kappa shape index (κ3) is 4.08. The molecule has 0 aromatic heterocycles. The van der Waals surface area contributed by atoms with Gasteiger partial charge in [0.15, 0.2) is 0 Å². The first kappa shape index (κ1) is 16.2. The molecular weight excluding hydrogens is 243 g/mol. The van der Waals surface area contributed by atoms with Crippen molar-refractivity contribution in [1.29, 1.82) is 0 Å². The SMILES string of the molecule is CCCCOC(=O)C=C(C)B1OC(C)(C)C(C)(C)O1. The fraction of sp³-hybridized carbons (Fsp3) is 0.786. The van der Waals surface area contributed by atoms with Gasteiger partial charge < -0.3 is 14.0 Å². The highest BCUT2D eigenvalue weighted by molar-refractivity contribution is 6.54. The van der Waals surface area contributed by atoms with Crippen molar-refractivity contribution in [1.82, 2.24) is 0 Å². The molecule has 0 N–H and O–H groups in total. The Labute approximate surface area is 116 Å². The van der Waals surface area contributed by atoms with E-state index in [1.807, 2.05) is 34.6 Å². The number of hydrogen-bond donors (Lipinski definition) is 0. The number of rotatable bonds is 5. The van der Waals surface area contributed by atoms with Crippen LogP contribution in [0.15, 0.2) is 11.5 Å². The van der Waals surface area contributed by atoms with Crippen molar-refractivity contribution in [3.05, 3.63) is 11.5 Å². The lowest BCUT2D eigenvalue weighted by atomic mass is 9.79. The van der Waals surface area contributed by atoms with E-state index in [0.29, 0.717) is 6.61 Å². The van der Waals surface area contributed by atoms with Gasteiger partial charge in [-0.25, -0.2) is 4.79 Å². The monoisotopic (exact) mass is 268 g/mol. The zero-order valence-electron chi connectivity index (χ0n) is 12.9. The highest BCUT2D eigenvalue weighted by Gasteiger charge is 2.51. The molecule has 1 saturated heterocycles. The maximum absolute atomic E-state index is 11.6. The van der Waals surface area contributed by atoms with Crippen LogP contribution in [0.2, 0.25) is 0 Å². The van der Waals surface area contributed by atoms with Gasteiger partial charge in [0.2, 0.25) is 0 Å². The Morgan fingerprint density at radius 2 is 1.74 bits per heavy atom. The second kappa shape index (κ2) is 6.10. The molecule has 1 rings (SSSR count). The molecule has 4 nitrogen and oxygen atoms in total. The van der Waals surface area contributed by atoms with E-state index in [1.165, 1.54) is 6.08 Å². The van der Waals surface area contributed by atoms with Crippen LogP contribution in [-0.4, -0.2) is 30.9 Å². The molecule has 0 spiro atoms. The molecule has 0 atom stereocenters. The molecule has 1 fully saturated rings. The van der Waals surface area contributed by atoms with E-state index in [2.05, 4.69) is 6.92 Å². The summed E-state index contributed by atoms with van der Waals surface area (Å²) >= 11 is 0. The van der Waals surface area contributed by atoms with Crippen molar-refractivity contribution in [2.75, 3.05) is 6.61 Å². The highest BCUT2D eigenvalue weighted by Crippen LogP contribution is 2.38. The lowest BCUT2D eigenvalue weighted by Crippen LogP contribution is -2.41. The van der Waals surface area contributed by atoms with Crippen LogP contribution >= 0.6 is 0 Å². The Morgan fingerprint density at radius 3 is 2.21 bits per heavy atom. The van der Waals surface area contributed by atoms with Crippen molar-refractivity contribution in [2.24, 2.45) is 0 Å². The van der Waals surface area contributed by atoms with E-state index in [0.717, 1.165) is 18.3 Å². The normalized spacial score (nSPS) is 21.6. The number of ether oxygens (including phenoxy) is 1. The average molecular weight is 268 g/mol. The molecule has 108 valence electrons. The van der Waals surface area contributed by atoms with Crippen LogP contribution in [-0.2, 0) is 18.8 Å². The van der Waals surface area contributed by atoms with Gasteiger partial charge in [-0.05, 0) is 46.5 Å². The minimum Gasteiger partial charge on any atom is -0.463 e. The van der Waals surface area contributed by atoms with Crippen LogP contribution < -0.4 is 0 Å². The third-order valence-corrected chi connectivity index (χ3v) is 3.71. The van der Waals surface area contributed by atoms with Crippen molar-refractivity contribution in [2.45, 2.75) is 65.6 Å². The predicted octanol–water partition coefficient (Wildman–Crippen LogP) is 2.91. The second-order valence-corrected chi connectivity index (χ2v) is 6.00. The van der Waals surface area contributed by atoms with Crippen LogP contribution in [0.25, 0.3) is 0 Å². The summed E-state index contributed by atoms with van der Waals surface area (Å²) in [6, 6.07) is 0. The average Bonchev–Trinajstić information content (AvgIpc) is 2.48. The summed E-state index contributed by atoms with van der Waals surface area (Å²) in [6.45, 7) is 12.3. The van der Waals surface area contributed by atoms with Crippen LogP contribution in [0.5, 0.6) is 0 Å². The minimum atomic E-state index is -0.483. The predicted molar refractivity (Wildman–Crippen MR) is 75.7 cm³/mol. The Kier molecular flexibility index (Phi) is 5.22. The maximum Gasteiger partial charge on any atom is 0.490 e. The van der Waals surface area contributed by atoms with Gasteiger partial charge in [0.05, 0.1) is 17.8 Å². The van der Waals surface area contributed by atoms with Crippen molar-refractivity contribution in [3.63, 3.8) is 0 Å². The lowest BCUT2D eigenvalue weighted by Gasteiger charge is -2.32. The van der Waals surface area contributed by atoms with Crippen molar-refractivity contribution >= 4 is 13.1 Å². The zero-order chi connectivity index (χ0) is 14.7. The summed E-state index contributed by atoms with van der Waals surface area (Å²) in [7, 11) is -0.483. The van der Waals surface area contributed by atoms with Crippen LogP contribution in [0.1, 0.15) is 54.4 Å². The smallest absolute Gasteiger partial charge is 0.463 e. The number of unbranched alkanes of at least 4 members (excludes halogenated alkanes) is 1. The number of allylic oxidation sites excluding steroid dienone is 1. The van der Waals surface area contributed by atoms with Gasteiger partial charge in [-0.3, -0.25) is 0 Å². The number of hydrogen-bond acceptors (Lipinski definition) is 4. The van der Waals surface area contributed by atoms with Gasteiger partial charge in [0, 0.05) is 6.08 Å². The summed E-state index contributed by atoms with van der Waals surface area (Å²) in [5, 5.41) is 0. The molecular formula is C14H25BO4. The first-order valence-electron chi connectivity index (χ1n) is 6.90. The zero-order valence-corrected chi connectivity index (χ0v) is 12.9. The second-order valence-electron chi connectivity index (χ2n) is 6.00. The van der Waals surface area contributed by atoms with E-state index in [1.54, 1.807) is 0 Å². The number of esters is 1. The molecule has 0 amide bonds. The van der Waals surface area contributed by atoms with Crippen LogP contribution in [0.3, 0.4) is 0 Å². The van der Waals surface area contributed by atoms with Gasteiger partial charge >= 0.3 is 13.1 Å². The molecule has 19 heavy (non-hydrogen) atoms. The summed E-state index contributed by atoms with van der Waals surface area (Å²) < 4.78 is 16.8.